The fourth-order valence-corrected chi connectivity index (χ4v) is 5.81. The van der Waals surface area contributed by atoms with Crippen molar-refractivity contribution in [3.05, 3.63) is 65.2 Å². The number of sulfonamides is 1. The molecule has 5 rings (SSSR count). The first-order valence-electron chi connectivity index (χ1n) is 10.4. The van der Waals surface area contributed by atoms with Crippen LogP contribution in [0.2, 0.25) is 0 Å². The maximum atomic E-state index is 13.2. The van der Waals surface area contributed by atoms with Gasteiger partial charge in [0.05, 0.1) is 10.8 Å². The lowest BCUT2D eigenvalue weighted by Crippen LogP contribution is -2.38. The molecule has 0 spiro atoms. The van der Waals surface area contributed by atoms with Crippen molar-refractivity contribution in [3.8, 4) is 11.5 Å². The highest BCUT2D eigenvalue weighted by Crippen LogP contribution is 2.36. The molecule has 31 heavy (non-hydrogen) atoms. The summed E-state index contributed by atoms with van der Waals surface area (Å²) in [5, 5.41) is 0. The minimum atomic E-state index is -3.66. The van der Waals surface area contributed by atoms with Crippen LogP contribution in [0.25, 0.3) is 0 Å². The molecule has 2 aromatic rings. The zero-order valence-corrected chi connectivity index (χ0v) is 18.1. The van der Waals surface area contributed by atoms with Crippen LogP contribution in [0.4, 0.5) is 0 Å². The van der Waals surface area contributed by atoms with Crippen molar-refractivity contribution in [1.82, 2.24) is 9.21 Å². The van der Waals surface area contributed by atoms with E-state index in [1.807, 2.05) is 42.2 Å². The van der Waals surface area contributed by atoms with E-state index in [0.717, 1.165) is 16.7 Å². The molecular formula is C23H24N2O5S. The molecule has 1 amide bonds. The van der Waals surface area contributed by atoms with Crippen LogP contribution >= 0.6 is 0 Å². The van der Waals surface area contributed by atoms with Crippen molar-refractivity contribution in [2.75, 3.05) is 39.4 Å². The number of benzene rings is 2. The normalized spacial score (nSPS) is 19.5. The molecule has 7 nitrogen and oxygen atoms in total. The van der Waals surface area contributed by atoms with Gasteiger partial charge in [-0.25, -0.2) is 8.42 Å². The van der Waals surface area contributed by atoms with Gasteiger partial charge in [0.2, 0.25) is 15.9 Å². The van der Waals surface area contributed by atoms with E-state index in [-0.39, 0.29) is 16.7 Å². The third kappa shape index (κ3) is 3.59. The van der Waals surface area contributed by atoms with Crippen LogP contribution in [0, 0.1) is 0 Å². The maximum Gasteiger partial charge on any atom is 0.243 e. The molecule has 0 saturated carbocycles. The highest BCUT2D eigenvalue weighted by molar-refractivity contribution is 7.89. The lowest BCUT2D eigenvalue weighted by molar-refractivity contribution is -0.131. The van der Waals surface area contributed by atoms with Crippen LogP contribution in [0.15, 0.2) is 64.6 Å². The van der Waals surface area contributed by atoms with Gasteiger partial charge in [-0.15, -0.1) is 0 Å². The van der Waals surface area contributed by atoms with E-state index in [1.54, 1.807) is 12.1 Å². The second kappa shape index (κ2) is 7.69. The lowest BCUT2D eigenvalue weighted by Gasteiger charge is -2.25. The predicted octanol–water partition coefficient (Wildman–Crippen LogP) is 2.40. The number of nitrogens with zero attached hydrogens (tertiary/aromatic N) is 2. The van der Waals surface area contributed by atoms with Gasteiger partial charge >= 0.3 is 0 Å². The van der Waals surface area contributed by atoms with Gasteiger partial charge in [-0.3, -0.25) is 4.79 Å². The Labute approximate surface area is 181 Å². The largest absolute Gasteiger partial charge is 0.486 e. The van der Waals surface area contributed by atoms with Gasteiger partial charge in [-0.1, -0.05) is 30.3 Å². The number of amides is 1. The molecule has 1 unspecified atom stereocenters. The summed E-state index contributed by atoms with van der Waals surface area (Å²) < 4.78 is 38.9. The molecule has 0 aromatic heterocycles. The zero-order chi connectivity index (χ0) is 21.6. The maximum absolute atomic E-state index is 13.2. The average molecular weight is 441 g/mol. The van der Waals surface area contributed by atoms with E-state index >= 15 is 0 Å². The topological polar surface area (TPSA) is 76.2 Å². The first-order chi connectivity index (χ1) is 14.9. The molecule has 0 aliphatic carbocycles. The smallest absolute Gasteiger partial charge is 0.243 e. The van der Waals surface area contributed by atoms with Crippen molar-refractivity contribution in [2.24, 2.45) is 0 Å². The first-order valence-corrected chi connectivity index (χ1v) is 11.8. The number of ether oxygens (including phenoxy) is 2. The summed E-state index contributed by atoms with van der Waals surface area (Å²) >= 11 is 0. The van der Waals surface area contributed by atoms with E-state index in [2.05, 4.69) is 0 Å². The summed E-state index contributed by atoms with van der Waals surface area (Å²) in [7, 11) is -3.66. The molecule has 8 heteroatoms. The Morgan fingerprint density at radius 2 is 1.55 bits per heavy atom. The zero-order valence-electron chi connectivity index (χ0n) is 17.3. The van der Waals surface area contributed by atoms with Gasteiger partial charge in [-0.2, -0.15) is 4.31 Å². The molecule has 3 aliphatic rings. The van der Waals surface area contributed by atoms with Crippen LogP contribution in [0.1, 0.15) is 18.4 Å². The highest BCUT2D eigenvalue weighted by atomic mass is 32.2. The number of hydrogen-bond acceptors (Lipinski definition) is 5. The molecule has 162 valence electrons. The van der Waals surface area contributed by atoms with E-state index in [1.165, 1.54) is 10.4 Å². The van der Waals surface area contributed by atoms with E-state index < -0.39 is 10.0 Å². The van der Waals surface area contributed by atoms with Gasteiger partial charge < -0.3 is 14.4 Å². The van der Waals surface area contributed by atoms with Crippen molar-refractivity contribution in [3.63, 3.8) is 0 Å². The Kier molecular flexibility index (Phi) is 4.98. The van der Waals surface area contributed by atoms with Crippen LogP contribution in [-0.2, 0) is 14.8 Å². The summed E-state index contributed by atoms with van der Waals surface area (Å²) in [4.78, 5) is 15.0. The second-order valence-electron chi connectivity index (χ2n) is 8.11. The standard InChI is InChI=1S/C23H24N2O5S/c1-16(17-5-3-2-4-6-17)23(26)24-12-18-14-25(15-19(18)13-24)31(27,28)20-7-8-21-22(11-20)30-10-9-29-21/h2-8,11,16H,9-10,12-15H2,1H3. The van der Waals surface area contributed by atoms with Gasteiger partial charge in [0.25, 0.3) is 0 Å². The molecule has 0 saturated heterocycles. The van der Waals surface area contributed by atoms with E-state index in [4.69, 9.17) is 9.47 Å². The van der Waals surface area contributed by atoms with Crippen molar-refractivity contribution >= 4 is 15.9 Å². The minimum absolute atomic E-state index is 0.0712. The van der Waals surface area contributed by atoms with Crippen molar-refractivity contribution in [1.29, 1.82) is 0 Å². The Morgan fingerprint density at radius 1 is 0.903 bits per heavy atom. The van der Waals surface area contributed by atoms with Crippen LogP contribution in [0.5, 0.6) is 11.5 Å². The number of hydrogen-bond donors (Lipinski definition) is 0. The number of carbonyl (C=O) groups is 1. The van der Waals surface area contributed by atoms with Gasteiger partial charge in [0, 0.05) is 32.2 Å². The molecule has 1 atom stereocenters. The van der Waals surface area contributed by atoms with E-state index in [9.17, 15) is 13.2 Å². The minimum Gasteiger partial charge on any atom is -0.486 e. The molecule has 3 aliphatic heterocycles. The average Bonchev–Trinajstić information content (AvgIpc) is 3.38. The molecule has 0 bridgehead atoms. The Hall–Kier alpha value is -2.84. The van der Waals surface area contributed by atoms with Crippen molar-refractivity contribution < 1.29 is 22.7 Å². The van der Waals surface area contributed by atoms with E-state index in [0.29, 0.717) is 50.9 Å². The third-order valence-electron chi connectivity index (χ3n) is 6.13. The molecular weight excluding hydrogens is 416 g/mol. The molecule has 2 aromatic carbocycles. The van der Waals surface area contributed by atoms with Crippen LogP contribution in [0.3, 0.4) is 0 Å². The second-order valence-corrected chi connectivity index (χ2v) is 10.1. The quantitative estimate of drug-likeness (QED) is 0.683. The summed E-state index contributed by atoms with van der Waals surface area (Å²) in [6.07, 6.45) is 0. The summed E-state index contributed by atoms with van der Waals surface area (Å²) in [6, 6.07) is 14.5. The Morgan fingerprint density at radius 3 is 2.23 bits per heavy atom. The van der Waals surface area contributed by atoms with Gasteiger partial charge in [0.15, 0.2) is 11.5 Å². The fraction of sp³-hybridized carbons (Fsp3) is 0.348. The third-order valence-corrected chi connectivity index (χ3v) is 7.92. The van der Waals surface area contributed by atoms with Gasteiger partial charge in [-0.05, 0) is 35.8 Å². The lowest BCUT2D eigenvalue weighted by atomic mass is 10.00. The monoisotopic (exact) mass is 440 g/mol. The Bertz CT molecular complexity index is 1140. The molecule has 0 N–H and O–H groups in total. The predicted molar refractivity (Wildman–Crippen MR) is 115 cm³/mol. The summed E-state index contributed by atoms with van der Waals surface area (Å²) in [5.74, 6) is 0.869. The number of rotatable bonds is 4. The van der Waals surface area contributed by atoms with Gasteiger partial charge in [0.1, 0.15) is 13.2 Å². The summed E-state index contributed by atoms with van der Waals surface area (Å²) in [6.45, 7) is 4.38. The Balaban J connectivity index is 1.26. The molecule has 3 heterocycles. The highest BCUT2D eigenvalue weighted by Gasteiger charge is 2.38. The first kappa shape index (κ1) is 20.1. The fourth-order valence-electron chi connectivity index (χ4n) is 4.36. The van der Waals surface area contributed by atoms with Crippen LogP contribution in [-0.4, -0.2) is 62.9 Å². The van der Waals surface area contributed by atoms with Crippen molar-refractivity contribution in [2.45, 2.75) is 17.7 Å². The van der Waals surface area contributed by atoms with Crippen LogP contribution < -0.4 is 9.47 Å². The molecule has 0 radical (unpaired) electrons. The number of carbonyl (C=O) groups excluding carboxylic acids is 1. The molecule has 0 fully saturated rings. The SMILES string of the molecule is CC(C(=O)N1CC2=C(C1)CN(S(=O)(=O)c1ccc3c(c1)OCCO3)C2)c1ccccc1. The summed E-state index contributed by atoms with van der Waals surface area (Å²) in [5.41, 5.74) is 3.03. The number of fused-ring (bicyclic) bond motifs is 1.